The highest BCUT2D eigenvalue weighted by Crippen LogP contribution is 2.38. The first-order valence-corrected chi connectivity index (χ1v) is 12.1. The van der Waals surface area contributed by atoms with Crippen molar-refractivity contribution in [3.8, 4) is 11.5 Å². The van der Waals surface area contributed by atoms with Gasteiger partial charge in [-0.15, -0.1) is 0 Å². The lowest BCUT2D eigenvalue weighted by atomic mass is 10.2. The number of hydrogen-bond acceptors (Lipinski definition) is 7. The summed E-state index contributed by atoms with van der Waals surface area (Å²) in [5.41, 5.74) is 1.88. The molecule has 0 N–H and O–H groups in total. The van der Waals surface area contributed by atoms with Gasteiger partial charge in [0.1, 0.15) is 0 Å². The third-order valence-electron chi connectivity index (χ3n) is 4.56. The van der Waals surface area contributed by atoms with E-state index in [0.717, 1.165) is 10.0 Å². The second-order valence-corrected chi connectivity index (χ2v) is 8.69. The fourth-order valence-electron chi connectivity index (χ4n) is 2.99. The molecule has 9 heteroatoms. The molecule has 0 unspecified atom stereocenters. The summed E-state index contributed by atoms with van der Waals surface area (Å²) >= 11 is 4.84. The van der Waals surface area contributed by atoms with Gasteiger partial charge in [0, 0.05) is 11.5 Å². The molecule has 1 heterocycles. The molecule has 3 rings (SSSR count). The van der Waals surface area contributed by atoms with E-state index in [4.69, 9.17) is 14.2 Å². The minimum absolute atomic E-state index is 0.152. The van der Waals surface area contributed by atoms with E-state index in [9.17, 15) is 9.59 Å². The Morgan fingerprint density at radius 2 is 1.70 bits per heavy atom. The van der Waals surface area contributed by atoms with Crippen molar-refractivity contribution in [1.82, 2.24) is 4.90 Å². The second kappa shape index (κ2) is 11.4. The Kier molecular flexibility index (Phi) is 8.57. The number of amidine groups is 1. The maximum absolute atomic E-state index is 12.8. The summed E-state index contributed by atoms with van der Waals surface area (Å²) in [7, 11) is 1.68. The van der Waals surface area contributed by atoms with E-state index >= 15 is 0 Å². The van der Waals surface area contributed by atoms with Crippen molar-refractivity contribution < 1.29 is 23.8 Å². The normalized spacial score (nSPS) is 15.9. The topological polar surface area (TPSA) is 77.4 Å². The molecule has 0 aliphatic carbocycles. The van der Waals surface area contributed by atoms with Crippen LogP contribution in [0.15, 0.2) is 50.8 Å². The van der Waals surface area contributed by atoms with E-state index in [2.05, 4.69) is 20.9 Å². The Morgan fingerprint density at radius 3 is 2.30 bits per heavy atom. The van der Waals surface area contributed by atoms with Crippen molar-refractivity contribution in [1.29, 1.82) is 0 Å². The predicted molar refractivity (Wildman–Crippen MR) is 134 cm³/mol. The number of carbonyl (C=O) groups excluding carboxylic acids is 2. The van der Waals surface area contributed by atoms with Crippen LogP contribution in [-0.2, 0) is 9.53 Å². The number of likely N-dealkylation sites (N-methyl/N-ethyl adjacent to an activating group) is 1. The number of amides is 1. The molecule has 1 aliphatic rings. The predicted octanol–water partition coefficient (Wildman–Crippen LogP) is 5.66. The van der Waals surface area contributed by atoms with Crippen molar-refractivity contribution in [2.75, 3.05) is 26.9 Å². The number of aliphatic imine (C=N–C) groups is 1. The number of rotatable bonds is 8. The van der Waals surface area contributed by atoms with E-state index in [0.29, 0.717) is 52.6 Å². The zero-order valence-electron chi connectivity index (χ0n) is 18.9. The van der Waals surface area contributed by atoms with Crippen LogP contribution < -0.4 is 9.47 Å². The van der Waals surface area contributed by atoms with Gasteiger partial charge in [0.15, 0.2) is 16.7 Å². The number of ether oxygens (including phenoxy) is 3. The van der Waals surface area contributed by atoms with Crippen LogP contribution in [0.5, 0.6) is 11.5 Å². The monoisotopic (exact) mass is 532 g/mol. The summed E-state index contributed by atoms with van der Waals surface area (Å²) in [6.07, 6.45) is 1.80. The highest BCUT2D eigenvalue weighted by atomic mass is 79.9. The number of nitrogens with zero attached hydrogens (tertiary/aromatic N) is 2. The van der Waals surface area contributed by atoms with E-state index in [1.54, 1.807) is 44.3 Å². The van der Waals surface area contributed by atoms with Gasteiger partial charge in [-0.3, -0.25) is 9.69 Å². The molecule has 0 saturated carbocycles. The summed E-state index contributed by atoms with van der Waals surface area (Å²) < 4.78 is 17.1. The van der Waals surface area contributed by atoms with Crippen LogP contribution in [0.4, 0.5) is 5.69 Å². The fourth-order valence-corrected chi connectivity index (χ4v) is 4.40. The van der Waals surface area contributed by atoms with Crippen molar-refractivity contribution in [3.05, 3.63) is 56.9 Å². The molecule has 0 radical (unpaired) electrons. The number of esters is 1. The van der Waals surface area contributed by atoms with Crippen molar-refractivity contribution in [2.45, 2.75) is 20.8 Å². The second-order valence-electron chi connectivity index (χ2n) is 6.82. The minimum Gasteiger partial charge on any atom is -0.490 e. The maximum Gasteiger partial charge on any atom is 0.338 e. The Balaban J connectivity index is 1.86. The van der Waals surface area contributed by atoms with Gasteiger partial charge in [-0.25, -0.2) is 9.79 Å². The summed E-state index contributed by atoms with van der Waals surface area (Å²) in [5.74, 6) is 0.732. The number of carbonyl (C=O) groups is 2. The van der Waals surface area contributed by atoms with Gasteiger partial charge in [0.25, 0.3) is 5.91 Å². The third kappa shape index (κ3) is 5.97. The smallest absolute Gasteiger partial charge is 0.338 e. The number of hydrogen-bond donors (Lipinski definition) is 0. The lowest BCUT2D eigenvalue weighted by molar-refractivity contribution is -0.121. The molecule has 0 atom stereocenters. The van der Waals surface area contributed by atoms with Gasteiger partial charge in [0.05, 0.1) is 36.0 Å². The third-order valence-corrected chi connectivity index (χ3v) is 6.30. The largest absolute Gasteiger partial charge is 0.490 e. The standard InChI is InChI=1S/C24H25BrN2O5S/c1-5-30-19-12-16(18(25)14-20(19)31-6-2)13-21-22(28)27(4)24(33-21)26-17-10-8-15(9-11-17)23(29)32-7-3/h8-14H,5-7H2,1-4H3/b21-13-,26-24?. The molecule has 0 spiro atoms. The van der Waals surface area contributed by atoms with Gasteiger partial charge in [-0.1, -0.05) is 15.9 Å². The highest BCUT2D eigenvalue weighted by molar-refractivity contribution is 9.10. The van der Waals surface area contributed by atoms with Crippen molar-refractivity contribution in [2.24, 2.45) is 4.99 Å². The number of benzene rings is 2. The Hall–Kier alpha value is -2.78. The van der Waals surface area contributed by atoms with Crippen LogP contribution in [0.3, 0.4) is 0 Å². The molecular formula is C24H25BrN2O5S. The van der Waals surface area contributed by atoms with Crippen LogP contribution in [0.1, 0.15) is 36.7 Å². The lowest BCUT2D eigenvalue weighted by Crippen LogP contribution is -2.23. The Bertz CT molecular complexity index is 1100. The zero-order valence-corrected chi connectivity index (χ0v) is 21.3. The van der Waals surface area contributed by atoms with Crippen molar-refractivity contribution in [3.63, 3.8) is 0 Å². The molecule has 1 saturated heterocycles. The summed E-state index contributed by atoms with van der Waals surface area (Å²) in [6, 6.07) is 10.4. The minimum atomic E-state index is -0.378. The average Bonchev–Trinajstić information content (AvgIpc) is 3.05. The summed E-state index contributed by atoms with van der Waals surface area (Å²) in [5, 5.41) is 0.544. The van der Waals surface area contributed by atoms with Crippen LogP contribution in [0.2, 0.25) is 0 Å². The SMILES string of the molecule is CCOC(=O)c1ccc(N=C2S/C(=C\c3cc(OCC)c(OCC)cc3Br)C(=O)N2C)cc1. The average molecular weight is 533 g/mol. The molecule has 7 nitrogen and oxygen atoms in total. The molecule has 174 valence electrons. The molecule has 0 bridgehead atoms. The van der Waals surface area contributed by atoms with Crippen LogP contribution >= 0.6 is 27.7 Å². The fraction of sp³-hybridized carbons (Fsp3) is 0.292. The molecule has 1 amide bonds. The van der Waals surface area contributed by atoms with Crippen LogP contribution in [0, 0.1) is 0 Å². The Labute approximate surface area is 205 Å². The molecule has 1 fully saturated rings. The Morgan fingerprint density at radius 1 is 1.06 bits per heavy atom. The van der Waals surface area contributed by atoms with Gasteiger partial charge in [-0.05, 0) is 80.6 Å². The van der Waals surface area contributed by atoms with Gasteiger partial charge < -0.3 is 14.2 Å². The molecule has 2 aromatic carbocycles. The highest BCUT2D eigenvalue weighted by Gasteiger charge is 2.30. The first-order chi connectivity index (χ1) is 15.9. The summed E-state index contributed by atoms with van der Waals surface area (Å²) in [6.45, 7) is 6.92. The maximum atomic E-state index is 12.8. The first kappa shape index (κ1) is 24.9. The van der Waals surface area contributed by atoms with Crippen molar-refractivity contribution >= 4 is 56.5 Å². The molecule has 33 heavy (non-hydrogen) atoms. The molecule has 1 aliphatic heterocycles. The van der Waals surface area contributed by atoms with Gasteiger partial charge >= 0.3 is 5.97 Å². The van der Waals surface area contributed by atoms with Crippen LogP contribution in [-0.4, -0.2) is 48.8 Å². The van der Waals surface area contributed by atoms with E-state index < -0.39 is 0 Å². The number of halogens is 1. The van der Waals surface area contributed by atoms with Gasteiger partial charge in [-0.2, -0.15) is 0 Å². The molecule has 0 aromatic heterocycles. The van der Waals surface area contributed by atoms with Gasteiger partial charge in [0.2, 0.25) is 0 Å². The lowest BCUT2D eigenvalue weighted by Gasteiger charge is -2.13. The molecular weight excluding hydrogens is 508 g/mol. The number of thioether (sulfide) groups is 1. The first-order valence-electron chi connectivity index (χ1n) is 10.5. The molecule has 2 aromatic rings. The van der Waals surface area contributed by atoms with E-state index in [1.807, 2.05) is 26.0 Å². The van der Waals surface area contributed by atoms with Crippen LogP contribution in [0.25, 0.3) is 6.08 Å². The van der Waals surface area contributed by atoms with E-state index in [-0.39, 0.29) is 11.9 Å². The zero-order chi connectivity index (χ0) is 24.0. The summed E-state index contributed by atoms with van der Waals surface area (Å²) in [4.78, 5) is 31.3. The quantitative estimate of drug-likeness (QED) is 0.322. The van der Waals surface area contributed by atoms with E-state index in [1.165, 1.54) is 16.7 Å².